The fourth-order valence-electron chi connectivity index (χ4n) is 3.34. The summed E-state index contributed by atoms with van der Waals surface area (Å²) in [6, 6.07) is 17.7. The number of hydrogen-bond donors (Lipinski definition) is 2. The van der Waals surface area contributed by atoms with E-state index < -0.39 is 0 Å². The standard InChI is InChI=1S/C21H24N2O2/c1-16-7-5-8-17(13-16)20(25)22-14-19(24)23-15-21(11-6-12-21)18-9-3-2-4-10-18/h2-5,7-10,13H,6,11-12,14-15H2,1H3,(H,22,25)(H,23,24). The molecule has 1 fully saturated rings. The zero-order valence-electron chi connectivity index (χ0n) is 14.5. The van der Waals surface area contributed by atoms with Gasteiger partial charge in [-0.05, 0) is 37.5 Å². The Bertz CT molecular complexity index is 752. The quantitative estimate of drug-likeness (QED) is 0.852. The minimum atomic E-state index is -0.222. The summed E-state index contributed by atoms with van der Waals surface area (Å²) in [6.07, 6.45) is 3.37. The average Bonchev–Trinajstić information content (AvgIpc) is 2.59. The maximum absolute atomic E-state index is 12.1. The molecule has 0 heterocycles. The van der Waals surface area contributed by atoms with Gasteiger partial charge in [-0.25, -0.2) is 0 Å². The maximum Gasteiger partial charge on any atom is 0.251 e. The molecule has 0 aromatic heterocycles. The Labute approximate surface area is 148 Å². The Morgan fingerprint density at radius 3 is 2.40 bits per heavy atom. The molecule has 25 heavy (non-hydrogen) atoms. The number of hydrogen-bond acceptors (Lipinski definition) is 2. The van der Waals surface area contributed by atoms with Crippen LogP contribution in [0.2, 0.25) is 0 Å². The van der Waals surface area contributed by atoms with Crippen LogP contribution < -0.4 is 10.6 Å². The van der Waals surface area contributed by atoms with Crippen molar-refractivity contribution in [1.29, 1.82) is 0 Å². The summed E-state index contributed by atoms with van der Waals surface area (Å²) in [4.78, 5) is 24.2. The minimum absolute atomic E-state index is 0.00234. The lowest BCUT2D eigenvalue weighted by molar-refractivity contribution is -0.120. The van der Waals surface area contributed by atoms with E-state index in [4.69, 9.17) is 0 Å². The third kappa shape index (κ3) is 4.08. The summed E-state index contributed by atoms with van der Waals surface area (Å²) in [5.41, 5.74) is 2.93. The molecule has 0 radical (unpaired) electrons. The van der Waals surface area contributed by atoms with Crippen molar-refractivity contribution in [3.63, 3.8) is 0 Å². The van der Waals surface area contributed by atoms with Gasteiger partial charge in [-0.3, -0.25) is 9.59 Å². The Morgan fingerprint density at radius 2 is 1.76 bits per heavy atom. The summed E-state index contributed by atoms with van der Waals surface area (Å²) >= 11 is 0. The molecule has 2 aromatic rings. The first kappa shape index (κ1) is 17.2. The van der Waals surface area contributed by atoms with Crippen molar-refractivity contribution >= 4 is 11.8 Å². The SMILES string of the molecule is Cc1cccc(C(=O)NCC(=O)NCC2(c3ccccc3)CCC2)c1. The number of aryl methyl sites for hydroxylation is 1. The van der Waals surface area contributed by atoms with Gasteiger partial charge in [-0.15, -0.1) is 0 Å². The summed E-state index contributed by atoms with van der Waals surface area (Å²) < 4.78 is 0. The molecular weight excluding hydrogens is 312 g/mol. The summed E-state index contributed by atoms with van der Waals surface area (Å²) in [6.45, 7) is 2.55. The molecule has 0 atom stereocenters. The molecule has 3 rings (SSSR count). The van der Waals surface area contributed by atoms with Crippen molar-refractivity contribution in [3.05, 3.63) is 71.3 Å². The van der Waals surface area contributed by atoms with Crippen molar-refractivity contribution < 1.29 is 9.59 Å². The smallest absolute Gasteiger partial charge is 0.251 e. The van der Waals surface area contributed by atoms with Gasteiger partial charge in [-0.1, -0.05) is 54.4 Å². The number of carbonyl (C=O) groups is 2. The highest BCUT2D eigenvalue weighted by Crippen LogP contribution is 2.43. The zero-order valence-corrected chi connectivity index (χ0v) is 14.5. The van der Waals surface area contributed by atoms with Gasteiger partial charge in [0.2, 0.25) is 5.91 Å². The van der Waals surface area contributed by atoms with Gasteiger partial charge < -0.3 is 10.6 Å². The van der Waals surface area contributed by atoms with E-state index in [1.807, 2.05) is 43.3 Å². The van der Waals surface area contributed by atoms with E-state index in [9.17, 15) is 9.59 Å². The van der Waals surface area contributed by atoms with Gasteiger partial charge in [0.25, 0.3) is 5.91 Å². The van der Waals surface area contributed by atoms with Crippen LogP contribution in [0.4, 0.5) is 0 Å². The monoisotopic (exact) mass is 336 g/mol. The lowest BCUT2D eigenvalue weighted by atomic mass is 9.64. The molecule has 2 amide bonds. The van der Waals surface area contributed by atoms with Gasteiger partial charge in [0.1, 0.15) is 0 Å². The first-order chi connectivity index (χ1) is 12.1. The molecule has 0 spiro atoms. The molecule has 0 bridgehead atoms. The molecule has 0 unspecified atom stereocenters. The molecule has 0 saturated heterocycles. The first-order valence-electron chi connectivity index (χ1n) is 8.76. The summed E-state index contributed by atoms with van der Waals surface area (Å²) in [5, 5.41) is 5.68. The molecule has 1 aliphatic carbocycles. The molecule has 1 aliphatic rings. The van der Waals surface area contributed by atoms with E-state index in [1.54, 1.807) is 6.07 Å². The predicted molar refractivity (Wildman–Crippen MR) is 98.5 cm³/mol. The van der Waals surface area contributed by atoms with Crippen LogP contribution in [0.3, 0.4) is 0 Å². The molecule has 2 aromatic carbocycles. The molecule has 4 nitrogen and oxygen atoms in total. The van der Waals surface area contributed by atoms with Crippen LogP contribution in [-0.4, -0.2) is 24.9 Å². The maximum atomic E-state index is 12.1. The third-order valence-corrected chi connectivity index (χ3v) is 5.01. The Morgan fingerprint density at radius 1 is 1.00 bits per heavy atom. The summed E-state index contributed by atoms with van der Waals surface area (Å²) in [7, 11) is 0. The van der Waals surface area contributed by atoms with E-state index in [0.29, 0.717) is 12.1 Å². The van der Waals surface area contributed by atoms with E-state index in [1.165, 1.54) is 12.0 Å². The molecule has 2 N–H and O–H groups in total. The lowest BCUT2D eigenvalue weighted by Gasteiger charge is -2.42. The van der Waals surface area contributed by atoms with Crippen LogP contribution in [-0.2, 0) is 10.2 Å². The van der Waals surface area contributed by atoms with E-state index in [2.05, 4.69) is 22.8 Å². The van der Waals surface area contributed by atoms with Gasteiger partial charge in [0.15, 0.2) is 0 Å². The Kier molecular flexibility index (Phi) is 5.17. The van der Waals surface area contributed by atoms with Crippen LogP contribution in [0.25, 0.3) is 0 Å². The average molecular weight is 336 g/mol. The first-order valence-corrected chi connectivity index (χ1v) is 8.76. The molecular formula is C21H24N2O2. The summed E-state index contributed by atoms with van der Waals surface area (Å²) in [5.74, 6) is -0.372. The third-order valence-electron chi connectivity index (χ3n) is 5.01. The normalized spacial score (nSPS) is 15.1. The fourth-order valence-corrected chi connectivity index (χ4v) is 3.34. The lowest BCUT2D eigenvalue weighted by Crippen LogP contribution is -2.47. The number of amides is 2. The second-order valence-corrected chi connectivity index (χ2v) is 6.83. The number of benzene rings is 2. The zero-order chi connectivity index (χ0) is 17.7. The van der Waals surface area contributed by atoms with Crippen molar-refractivity contribution in [1.82, 2.24) is 10.6 Å². The van der Waals surface area contributed by atoms with Crippen molar-refractivity contribution in [2.24, 2.45) is 0 Å². The van der Waals surface area contributed by atoms with Gasteiger partial charge >= 0.3 is 0 Å². The molecule has 0 aliphatic heterocycles. The van der Waals surface area contributed by atoms with E-state index in [-0.39, 0.29) is 23.8 Å². The molecule has 130 valence electrons. The van der Waals surface area contributed by atoms with Crippen LogP contribution in [0, 0.1) is 6.92 Å². The molecule has 1 saturated carbocycles. The van der Waals surface area contributed by atoms with Gasteiger partial charge in [-0.2, -0.15) is 0 Å². The Hall–Kier alpha value is -2.62. The van der Waals surface area contributed by atoms with Crippen LogP contribution in [0.5, 0.6) is 0 Å². The van der Waals surface area contributed by atoms with E-state index in [0.717, 1.165) is 18.4 Å². The van der Waals surface area contributed by atoms with Crippen molar-refractivity contribution in [2.45, 2.75) is 31.6 Å². The second-order valence-electron chi connectivity index (χ2n) is 6.83. The van der Waals surface area contributed by atoms with Crippen molar-refractivity contribution in [2.75, 3.05) is 13.1 Å². The van der Waals surface area contributed by atoms with Crippen LogP contribution in [0.1, 0.15) is 40.7 Å². The minimum Gasteiger partial charge on any atom is -0.354 e. The van der Waals surface area contributed by atoms with Crippen LogP contribution in [0.15, 0.2) is 54.6 Å². The topological polar surface area (TPSA) is 58.2 Å². The Balaban J connectivity index is 1.50. The largest absolute Gasteiger partial charge is 0.354 e. The highest BCUT2D eigenvalue weighted by atomic mass is 16.2. The van der Waals surface area contributed by atoms with Gasteiger partial charge in [0.05, 0.1) is 6.54 Å². The van der Waals surface area contributed by atoms with Crippen LogP contribution >= 0.6 is 0 Å². The predicted octanol–water partition coefficient (Wildman–Crippen LogP) is 2.96. The highest BCUT2D eigenvalue weighted by molar-refractivity contribution is 5.96. The number of nitrogens with one attached hydrogen (secondary N) is 2. The second kappa shape index (κ2) is 7.51. The fraction of sp³-hybridized carbons (Fsp3) is 0.333. The van der Waals surface area contributed by atoms with E-state index >= 15 is 0 Å². The molecule has 4 heteroatoms. The highest BCUT2D eigenvalue weighted by Gasteiger charge is 2.38. The van der Waals surface area contributed by atoms with Crippen molar-refractivity contribution in [3.8, 4) is 0 Å². The number of carbonyl (C=O) groups excluding carboxylic acids is 2. The number of rotatable bonds is 6. The van der Waals surface area contributed by atoms with Gasteiger partial charge in [0, 0.05) is 17.5 Å².